The highest BCUT2D eigenvalue weighted by molar-refractivity contribution is 14.0. The SMILES string of the molecule is CC(NC(=NCC(=O)N(C)C)NC1CCN(C(=O)C2CCCCC2)C1)c1ccccc1.I. The van der Waals surface area contributed by atoms with Crippen molar-refractivity contribution in [2.45, 2.75) is 57.5 Å². The molecule has 0 bridgehead atoms. The number of benzene rings is 1. The minimum Gasteiger partial charge on any atom is -0.352 e. The van der Waals surface area contributed by atoms with Crippen LogP contribution >= 0.6 is 24.0 Å². The topological polar surface area (TPSA) is 77.0 Å². The number of aliphatic imine (C=N–C) groups is 1. The summed E-state index contributed by atoms with van der Waals surface area (Å²) < 4.78 is 0. The summed E-state index contributed by atoms with van der Waals surface area (Å²) in [5.74, 6) is 1.09. The Balaban J connectivity index is 0.00000363. The molecule has 1 heterocycles. The van der Waals surface area contributed by atoms with Crippen molar-refractivity contribution in [2.75, 3.05) is 33.7 Å². The standard InChI is InChI=1S/C24H37N5O2.HI/c1-18(19-10-6-4-7-11-19)26-24(25-16-22(30)28(2)3)27-21-14-15-29(17-21)23(31)20-12-8-5-9-13-20;/h4,6-7,10-11,18,20-21H,5,8-9,12-17H2,1-3H3,(H2,25,26,27);1H. The monoisotopic (exact) mass is 555 g/mol. The summed E-state index contributed by atoms with van der Waals surface area (Å²) in [5.41, 5.74) is 1.15. The predicted octanol–water partition coefficient (Wildman–Crippen LogP) is 3.17. The van der Waals surface area contributed by atoms with Crippen LogP contribution in [0.3, 0.4) is 0 Å². The number of halogens is 1. The minimum absolute atomic E-state index is 0. The van der Waals surface area contributed by atoms with Crippen molar-refractivity contribution in [3.05, 3.63) is 35.9 Å². The molecule has 7 nitrogen and oxygen atoms in total. The zero-order valence-corrected chi connectivity index (χ0v) is 21.9. The Morgan fingerprint density at radius 2 is 1.81 bits per heavy atom. The molecule has 1 aromatic rings. The van der Waals surface area contributed by atoms with Gasteiger partial charge in [0.15, 0.2) is 5.96 Å². The number of hydrogen-bond acceptors (Lipinski definition) is 3. The average molecular weight is 556 g/mol. The summed E-state index contributed by atoms with van der Waals surface area (Å²) >= 11 is 0. The first-order valence-electron chi connectivity index (χ1n) is 11.6. The number of amides is 2. The molecule has 1 saturated heterocycles. The molecule has 1 aliphatic carbocycles. The lowest BCUT2D eigenvalue weighted by Gasteiger charge is -2.26. The maximum atomic E-state index is 12.9. The number of rotatable bonds is 6. The fourth-order valence-electron chi connectivity index (χ4n) is 4.33. The van der Waals surface area contributed by atoms with Crippen LogP contribution in [0.4, 0.5) is 0 Å². The van der Waals surface area contributed by atoms with E-state index in [0.29, 0.717) is 18.4 Å². The molecule has 2 N–H and O–H groups in total. The predicted molar refractivity (Wildman–Crippen MR) is 139 cm³/mol. The van der Waals surface area contributed by atoms with Crippen molar-refractivity contribution in [2.24, 2.45) is 10.9 Å². The van der Waals surface area contributed by atoms with Gasteiger partial charge in [0, 0.05) is 39.1 Å². The van der Waals surface area contributed by atoms with Gasteiger partial charge < -0.3 is 20.4 Å². The van der Waals surface area contributed by atoms with Crippen LogP contribution in [0.1, 0.15) is 57.1 Å². The zero-order valence-electron chi connectivity index (χ0n) is 19.5. The molecule has 2 unspecified atom stereocenters. The molecule has 178 valence electrons. The molecule has 2 aliphatic rings. The summed E-state index contributed by atoms with van der Waals surface area (Å²) in [5, 5.41) is 6.90. The van der Waals surface area contributed by atoms with Gasteiger partial charge in [-0.25, -0.2) is 4.99 Å². The van der Waals surface area contributed by atoms with Crippen LogP contribution in [0.2, 0.25) is 0 Å². The molecule has 2 atom stereocenters. The van der Waals surface area contributed by atoms with E-state index in [-0.39, 0.29) is 54.4 Å². The van der Waals surface area contributed by atoms with Crippen molar-refractivity contribution in [3.63, 3.8) is 0 Å². The molecule has 3 rings (SSSR count). The van der Waals surface area contributed by atoms with Gasteiger partial charge in [-0.05, 0) is 31.7 Å². The van der Waals surface area contributed by atoms with Gasteiger partial charge in [-0.2, -0.15) is 0 Å². The second-order valence-corrected chi connectivity index (χ2v) is 8.98. The second-order valence-electron chi connectivity index (χ2n) is 8.98. The number of carbonyl (C=O) groups excluding carboxylic acids is 2. The maximum Gasteiger partial charge on any atom is 0.243 e. The van der Waals surface area contributed by atoms with Crippen molar-refractivity contribution in [1.82, 2.24) is 20.4 Å². The molecular weight excluding hydrogens is 517 g/mol. The number of guanidine groups is 1. The molecule has 1 aromatic carbocycles. The first-order valence-corrected chi connectivity index (χ1v) is 11.6. The summed E-state index contributed by atoms with van der Waals surface area (Å²) in [6, 6.07) is 10.3. The summed E-state index contributed by atoms with van der Waals surface area (Å²) in [4.78, 5) is 33.0. The van der Waals surface area contributed by atoms with E-state index >= 15 is 0 Å². The van der Waals surface area contributed by atoms with E-state index in [9.17, 15) is 9.59 Å². The zero-order chi connectivity index (χ0) is 22.2. The van der Waals surface area contributed by atoms with Gasteiger partial charge in [0.1, 0.15) is 6.54 Å². The van der Waals surface area contributed by atoms with Gasteiger partial charge in [0.05, 0.1) is 6.04 Å². The van der Waals surface area contributed by atoms with Gasteiger partial charge in [-0.15, -0.1) is 24.0 Å². The Morgan fingerprint density at radius 1 is 1.12 bits per heavy atom. The van der Waals surface area contributed by atoms with Gasteiger partial charge in [-0.3, -0.25) is 9.59 Å². The second kappa shape index (κ2) is 13.0. The van der Waals surface area contributed by atoms with E-state index in [4.69, 9.17) is 0 Å². The van der Waals surface area contributed by atoms with Gasteiger partial charge >= 0.3 is 0 Å². The Morgan fingerprint density at radius 3 is 2.47 bits per heavy atom. The number of nitrogens with zero attached hydrogens (tertiary/aromatic N) is 3. The number of hydrogen-bond donors (Lipinski definition) is 2. The molecular formula is C24H38IN5O2. The van der Waals surface area contributed by atoms with Crippen molar-refractivity contribution < 1.29 is 9.59 Å². The minimum atomic E-state index is -0.0472. The highest BCUT2D eigenvalue weighted by atomic mass is 127. The first-order chi connectivity index (χ1) is 14.9. The fraction of sp³-hybridized carbons (Fsp3) is 0.625. The average Bonchev–Trinajstić information content (AvgIpc) is 3.26. The molecule has 2 fully saturated rings. The van der Waals surface area contributed by atoms with E-state index in [2.05, 4.69) is 34.7 Å². The number of likely N-dealkylation sites (tertiary alicyclic amines) is 1. The summed E-state index contributed by atoms with van der Waals surface area (Å²) in [7, 11) is 3.47. The van der Waals surface area contributed by atoms with Crippen molar-refractivity contribution in [1.29, 1.82) is 0 Å². The smallest absolute Gasteiger partial charge is 0.243 e. The Kier molecular flexibility index (Phi) is 10.7. The van der Waals surface area contributed by atoms with E-state index in [1.165, 1.54) is 19.3 Å². The molecule has 1 aliphatic heterocycles. The third kappa shape index (κ3) is 7.64. The molecule has 0 aromatic heterocycles. The van der Waals surface area contributed by atoms with Crippen LogP contribution in [0.15, 0.2) is 35.3 Å². The molecule has 32 heavy (non-hydrogen) atoms. The lowest BCUT2D eigenvalue weighted by atomic mass is 9.88. The van der Waals surface area contributed by atoms with Gasteiger partial charge in [0.2, 0.25) is 11.8 Å². The van der Waals surface area contributed by atoms with Gasteiger partial charge in [-0.1, -0.05) is 49.6 Å². The van der Waals surface area contributed by atoms with Crippen LogP contribution in [-0.2, 0) is 9.59 Å². The van der Waals surface area contributed by atoms with Crippen LogP contribution in [0, 0.1) is 5.92 Å². The summed E-state index contributed by atoms with van der Waals surface area (Å²) in [6.45, 7) is 3.64. The first kappa shape index (κ1) is 26.4. The highest BCUT2D eigenvalue weighted by Gasteiger charge is 2.32. The van der Waals surface area contributed by atoms with Crippen LogP contribution in [0.25, 0.3) is 0 Å². The lowest BCUT2D eigenvalue weighted by molar-refractivity contribution is -0.135. The lowest BCUT2D eigenvalue weighted by Crippen LogP contribution is -2.46. The van der Waals surface area contributed by atoms with E-state index in [0.717, 1.165) is 31.4 Å². The third-order valence-corrected chi connectivity index (χ3v) is 6.32. The van der Waals surface area contributed by atoms with Crippen LogP contribution in [-0.4, -0.2) is 67.3 Å². The Hall–Kier alpha value is -1.84. The molecule has 2 amide bonds. The largest absolute Gasteiger partial charge is 0.352 e. The third-order valence-electron chi connectivity index (χ3n) is 6.32. The Labute approximate surface area is 209 Å². The number of likely N-dealkylation sites (N-methyl/N-ethyl adjacent to an activating group) is 1. The normalized spacial score (nSPS) is 20.3. The van der Waals surface area contributed by atoms with Gasteiger partial charge in [0.25, 0.3) is 0 Å². The molecule has 0 radical (unpaired) electrons. The van der Waals surface area contributed by atoms with Crippen LogP contribution < -0.4 is 10.6 Å². The summed E-state index contributed by atoms with van der Waals surface area (Å²) in [6.07, 6.45) is 6.55. The Bertz CT molecular complexity index is 765. The molecule has 0 spiro atoms. The van der Waals surface area contributed by atoms with E-state index < -0.39 is 0 Å². The molecule has 8 heteroatoms. The van der Waals surface area contributed by atoms with Crippen molar-refractivity contribution >= 4 is 41.8 Å². The quantitative estimate of drug-likeness (QED) is 0.321. The van der Waals surface area contributed by atoms with Crippen LogP contribution in [0.5, 0.6) is 0 Å². The van der Waals surface area contributed by atoms with E-state index in [1.807, 2.05) is 23.1 Å². The highest BCUT2D eigenvalue weighted by Crippen LogP contribution is 2.26. The van der Waals surface area contributed by atoms with Crippen molar-refractivity contribution in [3.8, 4) is 0 Å². The fourth-order valence-corrected chi connectivity index (χ4v) is 4.33. The number of nitrogens with one attached hydrogen (secondary N) is 2. The number of carbonyl (C=O) groups is 2. The maximum absolute atomic E-state index is 12.9. The van der Waals surface area contributed by atoms with E-state index in [1.54, 1.807) is 19.0 Å². The molecule has 1 saturated carbocycles.